The van der Waals surface area contributed by atoms with Crippen molar-refractivity contribution in [3.05, 3.63) is 83.6 Å². The molecule has 0 atom stereocenters. The van der Waals surface area contributed by atoms with Crippen LogP contribution in [0.25, 0.3) is 10.9 Å². The molecule has 0 bridgehead atoms. The van der Waals surface area contributed by atoms with Gasteiger partial charge in [-0.25, -0.2) is 0 Å². The van der Waals surface area contributed by atoms with Gasteiger partial charge in [0.05, 0.1) is 5.56 Å². The first-order chi connectivity index (χ1) is 13.6. The van der Waals surface area contributed by atoms with Crippen molar-refractivity contribution in [2.45, 2.75) is 26.3 Å². The zero-order chi connectivity index (χ0) is 19.5. The first-order valence-corrected chi connectivity index (χ1v) is 10.2. The number of nitrogens with zero attached hydrogens (tertiary/aromatic N) is 2. The van der Waals surface area contributed by atoms with Gasteiger partial charge in [-0.2, -0.15) is 0 Å². The van der Waals surface area contributed by atoms with E-state index in [0.717, 1.165) is 54.6 Å². The Bertz CT molecular complexity index is 992. The lowest BCUT2D eigenvalue weighted by atomic mass is 9.95. The van der Waals surface area contributed by atoms with Crippen molar-refractivity contribution < 1.29 is 4.79 Å². The van der Waals surface area contributed by atoms with Crippen molar-refractivity contribution in [2.24, 2.45) is 13.0 Å². The number of carbonyl (C=O) groups excluding carboxylic acids is 1. The SMILES string of the molecule is Cc1c(C(=O)C=CC2CCN(Cc3ccccc3)CC2)c2ccccc2n1C. The van der Waals surface area contributed by atoms with E-state index in [1.165, 1.54) is 5.56 Å². The molecule has 0 N–H and O–H groups in total. The number of aromatic nitrogens is 1. The van der Waals surface area contributed by atoms with Gasteiger partial charge in [0.15, 0.2) is 5.78 Å². The third-order valence-electron chi connectivity index (χ3n) is 6.05. The van der Waals surface area contributed by atoms with Crippen LogP contribution < -0.4 is 0 Å². The number of benzene rings is 2. The summed E-state index contributed by atoms with van der Waals surface area (Å²) in [7, 11) is 2.03. The number of rotatable bonds is 5. The summed E-state index contributed by atoms with van der Waals surface area (Å²) < 4.78 is 2.11. The zero-order valence-electron chi connectivity index (χ0n) is 16.8. The van der Waals surface area contributed by atoms with E-state index in [1.54, 1.807) is 0 Å². The van der Waals surface area contributed by atoms with E-state index in [2.05, 4.69) is 51.9 Å². The summed E-state index contributed by atoms with van der Waals surface area (Å²) in [6, 6.07) is 18.8. The maximum Gasteiger partial charge on any atom is 0.187 e. The summed E-state index contributed by atoms with van der Waals surface area (Å²) in [5, 5.41) is 1.05. The molecular weight excluding hydrogens is 344 g/mol. The average molecular weight is 373 g/mol. The molecule has 1 saturated heterocycles. The normalized spacial score (nSPS) is 16.2. The molecule has 0 saturated carbocycles. The molecule has 4 rings (SSSR count). The molecule has 28 heavy (non-hydrogen) atoms. The highest BCUT2D eigenvalue weighted by Crippen LogP contribution is 2.26. The molecule has 2 heterocycles. The molecule has 3 aromatic rings. The quantitative estimate of drug-likeness (QED) is 0.458. The summed E-state index contributed by atoms with van der Waals surface area (Å²) in [6.45, 7) is 5.23. The smallest absolute Gasteiger partial charge is 0.187 e. The van der Waals surface area contributed by atoms with Crippen LogP contribution in [0.4, 0.5) is 0 Å². The monoisotopic (exact) mass is 372 g/mol. The van der Waals surface area contributed by atoms with Gasteiger partial charge in [0, 0.05) is 30.2 Å². The number of hydrogen-bond acceptors (Lipinski definition) is 2. The molecule has 3 nitrogen and oxygen atoms in total. The third kappa shape index (κ3) is 3.81. The van der Waals surface area contributed by atoms with Crippen LogP contribution in [0, 0.1) is 12.8 Å². The third-order valence-corrected chi connectivity index (χ3v) is 6.05. The van der Waals surface area contributed by atoms with Crippen molar-refractivity contribution in [2.75, 3.05) is 13.1 Å². The maximum absolute atomic E-state index is 12.9. The Morgan fingerprint density at radius 3 is 2.46 bits per heavy atom. The van der Waals surface area contributed by atoms with E-state index in [9.17, 15) is 4.79 Å². The molecule has 1 fully saturated rings. The van der Waals surface area contributed by atoms with Crippen LogP contribution in [0.3, 0.4) is 0 Å². The van der Waals surface area contributed by atoms with Crippen molar-refractivity contribution in [1.29, 1.82) is 0 Å². The van der Waals surface area contributed by atoms with Gasteiger partial charge >= 0.3 is 0 Å². The molecule has 3 heteroatoms. The Balaban J connectivity index is 1.39. The van der Waals surface area contributed by atoms with Crippen molar-refractivity contribution in [3.63, 3.8) is 0 Å². The predicted octanol–water partition coefficient (Wildman–Crippen LogP) is 5.14. The van der Waals surface area contributed by atoms with E-state index < -0.39 is 0 Å². The van der Waals surface area contributed by atoms with Crippen LogP contribution in [0.5, 0.6) is 0 Å². The average Bonchev–Trinajstić information content (AvgIpc) is 2.99. The number of carbonyl (C=O) groups is 1. The van der Waals surface area contributed by atoms with Gasteiger partial charge < -0.3 is 4.57 Å². The van der Waals surface area contributed by atoms with Gasteiger partial charge in [-0.1, -0.05) is 54.6 Å². The molecule has 0 spiro atoms. The van der Waals surface area contributed by atoms with E-state index in [0.29, 0.717) is 5.92 Å². The zero-order valence-corrected chi connectivity index (χ0v) is 16.8. The fourth-order valence-electron chi connectivity index (χ4n) is 4.28. The van der Waals surface area contributed by atoms with Gasteiger partial charge in [0.25, 0.3) is 0 Å². The van der Waals surface area contributed by atoms with Crippen molar-refractivity contribution in [3.8, 4) is 0 Å². The van der Waals surface area contributed by atoms with Crippen LogP contribution in [0.1, 0.15) is 34.5 Å². The Hall–Kier alpha value is -2.65. The second-order valence-corrected chi connectivity index (χ2v) is 7.86. The predicted molar refractivity (Wildman–Crippen MR) is 116 cm³/mol. The fraction of sp³-hybridized carbons (Fsp3) is 0.320. The molecule has 0 radical (unpaired) electrons. The van der Waals surface area contributed by atoms with Crippen LogP contribution >= 0.6 is 0 Å². The maximum atomic E-state index is 12.9. The van der Waals surface area contributed by atoms with Crippen LogP contribution in [-0.4, -0.2) is 28.3 Å². The summed E-state index contributed by atoms with van der Waals surface area (Å²) >= 11 is 0. The molecule has 2 aromatic carbocycles. The summed E-state index contributed by atoms with van der Waals surface area (Å²) in [6.07, 6.45) is 6.19. The Morgan fingerprint density at radius 1 is 1.04 bits per heavy atom. The van der Waals surface area contributed by atoms with Crippen LogP contribution in [-0.2, 0) is 13.6 Å². The van der Waals surface area contributed by atoms with E-state index in [1.807, 2.05) is 38.2 Å². The Labute approximate surface area is 167 Å². The highest BCUT2D eigenvalue weighted by molar-refractivity contribution is 6.14. The number of aryl methyl sites for hydroxylation is 1. The van der Waals surface area contributed by atoms with Gasteiger partial charge in [-0.15, -0.1) is 0 Å². The van der Waals surface area contributed by atoms with Gasteiger partial charge in [0.1, 0.15) is 0 Å². The molecule has 1 aliphatic heterocycles. The number of hydrogen-bond donors (Lipinski definition) is 0. The summed E-state index contributed by atoms with van der Waals surface area (Å²) in [5.41, 5.74) is 4.37. The molecule has 0 unspecified atom stereocenters. The fourth-order valence-corrected chi connectivity index (χ4v) is 4.28. The molecule has 0 aliphatic carbocycles. The topological polar surface area (TPSA) is 25.2 Å². The molecular formula is C25H28N2O. The molecule has 1 aromatic heterocycles. The van der Waals surface area contributed by atoms with E-state index in [-0.39, 0.29) is 5.78 Å². The summed E-state index contributed by atoms with van der Waals surface area (Å²) in [4.78, 5) is 15.4. The van der Waals surface area contributed by atoms with Crippen molar-refractivity contribution in [1.82, 2.24) is 9.47 Å². The first kappa shape index (κ1) is 18.7. The number of piperidine rings is 1. The number of allylic oxidation sites excluding steroid dienone is 2. The van der Waals surface area contributed by atoms with Crippen LogP contribution in [0.2, 0.25) is 0 Å². The molecule has 0 amide bonds. The minimum Gasteiger partial charge on any atom is -0.347 e. The largest absolute Gasteiger partial charge is 0.347 e. The Morgan fingerprint density at radius 2 is 1.71 bits per heavy atom. The lowest BCUT2D eigenvalue weighted by Gasteiger charge is -2.30. The second-order valence-electron chi connectivity index (χ2n) is 7.86. The summed E-state index contributed by atoms with van der Waals surface area (Å²) in [5.74, 6) is 0.618. The second kappa shape index (κ2) is 8.15. The lowest BCUT2D eigenvalue weighted by molar-refractivity contribution is 0.104. The minimum atomic E-state index is 0.126. The van der Waals surface area contributed by atoms with Gasteiger partial charge in [0.2, 0.25) is 0 Å². The molecule has 144 valence electrons. The van der Waals surface area contributed by atoms with Gasteiger partial charge in [-0.05, 0) is 56.5 Å². The number of fused-ring (bicyclic) bond motifs is 1. The number of likely N-dealkylation sites (tertiary alicyclic amines) is 1. The number of para-hydroxylation sites is 1. The standard InChI is InChI=1S/C25H28N2O/c1-19-25(22-10-6-7-11-23(22)26(19)2)24(28)13-12-20-14-16-27(17-15-20)18-21-8-4-3-5-9-21/h3-13,20H,14-18H2,1-2H3. The van der Waals surface area contributed by atoms with Crippen molar-refractivity contribution >= 4 is 16.7 Å². The molecule has 1 aliphatic rings. The van der Waals surface area contributed by atoms with Gasteiger partial charge in [-0.3, -0.25) is 9.69 Å². The first-order valence-electron chi connectivity index (χ1n) is 10.2. The minimum absolute atomic E-state index is 0.126. The highest BCUT2D eigenvalue weighted by atomic mass is 16.1. The Kier molecular flexibility index (Phi) is 5.45. The van der Waals surface area contributed by atoms with E-state index >= 15 is 0 Å². The highest BCUT2D eigenvalue weighted by Gasteiger charge is 2.19. The van der Waals surface area contributed by atoms with E-state index in [4.69, 9.17) is 0 Å². The number of ketones is 1. The van der Waals surface area contributed by atoms with Crippen LogP contribution in [0.15, 0.2) is 66.7 Å². The lowest BCUT2D eigenvalue weighted by Crippen LogP contribution is -2.32.